The Morgan fingerprint density at radius 3 is 3.00 bits per heavy atom. The fourth-order valence-corrected chi connectivity index (χ4v) is 2.36. The molecule has 1 atom stereocenters. The maximum absolute atomic E-state index is 5.65. The van der Waals surface area contributed by atoms with Crippen molar-refractivity contribution in [2.45, 2.75) is 24.3 Å². The van der Waals surface area contributed by atoms with Crippen molar-refractivity contribution < 1.29 is 0 Å². The van der Waals surface area contributed by atoms with Gasteiger partial charge in [-0.1, -0.05) is 6.92 Å². The van der Waals surface area contributed by atoms with Crippen LogP contribution in [0.1, 0.15) is 19.0 Å². The smallest absolute Gasteiger partial charge is 0.0723 e. The first-order chi connectivity index (χ1) is 6.22. The molecule has 0 radical (unpaired) electrons. The van der Waals surface area contributed by atoms with Crippen molar-refractivity contribution in [3.05, 3.63) is 18.0 Å². The van der Waals surface area contributed by atoms with Crippen LogP contribution in [0, 0.1) is 0 Å². The van der Waals surface area contributed by atoms with Gasteiger partial charge < -0.3 is 0 Å². The molecule has 0 fully saturated rings. The quantitative estimate of drug-likeness (QED) is 0.708. The van der Waals surface area contributed by atoms with E-state index < -0.39 is 0 Å². The lowest BCUT2D eigenvalue weighted by Gasteiger charge is -2.06. The maximum atomic E-state index is 5.65. The molecule has 0 spiro atoms. The monoisotopic (exact) mass is 218 g/mol. The van der Waals surface area contributed by atoms with Gasteiger partial charge in [0, 0.05) is 30.1 Å². The number of rotatable bonds is 5. The number of alkyl halides is 1. The summed E-state index contributed by atoms with van der Waals surface area (Å²) < 4.78 is 1.84. The van der Waals surface area contributed by atoms with Gasteiger partial charge in [0.15, 0.2) is 0 Å². The molecule has 0 saturated carbocycles. The molecule has 0 aliphatic rings. The van der Waals surface area contributed by atoms with E-state index in [2.05, 4.69) is 18.1 Å². The molecule has 0 aliphatic carbocycles. The molecule has 1 aromatic heterocycles. The second-order valence-corrected chi connectivity index (χ2v) is 4.88. The molecule has 0 aromatic carbocycles. The molecule has 1 unspecified atom stereocenters. The number of hydrogen-bond acceptors (Lipinski definition) is 2. The number of aryl methyl sites for hydroxylation is 1. The maximum Gasteiger partial charge on any atom is 0.0723 e. The molecule has 0 N–H and O–H groups in total. The van der Waals surface area contributed by atoms with E-state index in [0.29, 0.717) is 5.25 Å². The van der Waals surface area contributed by atoms with Crippen LogP contribution in [0.25, 0.3) is 0 Å². The second kappa shape index (κ2) is 5.55. The summed E-state index contributed by atoms with van der Waals surface area (Å²) in [5.74, 6) is 1.73. The zero-order valence-corrected chi connectivity index (χ0v) is 9.61. The fraction of sp³-hybridized carbons (Fsp3) is 0.667. The summed E-state index contributed by atoms with van der Waals surface area (Å²) in [5.41, 5.74) is 1.15. The Bertz CT molecular complexity index is 250. The number of halogens is 1. The van der Waals surface area contributed by atoms with Gasteiger partial charge in [0.05, 0.1) is 5.69 Å². The van der Waals surface area contributed by atoms with Crippen LogP contribution in [-0.4, -0.2) is 20.9 Å². The van der Waals surface area contributed by atoms with Gasteiger partial charge in [-0.25, -0.2) is 0 Å². The molecule has 74 valence electrons. The van der Waals surface area contributed by atoms with E-state index in [-0.39, 0.29) is 0 Å². The standard InChI is InChI=1S/C9H15ClN2S/c1-8(3-5-10)13-7-9-4-6-12(2)11-9/h4,6,8H,3,5,7H2,1-2H3. The third kappa shape index (κ3) is 4.05. The molecular formula is C9H15ClN2S. The largest absolute Gasteiger partial charge is 0.276 e. The molecule has 0 saturated heterocycles. The summed E-state index contributed by atoms with van der Waals surface area (Å²) in [4.78, 5) is 0. The Morgan fingerprint density at radius 2 is 2.46 bits per heavy atom. The lowest BCUT2D eigenvalue weighted by molar-refractivity contribution is 0.754. The predicted octanol–water partition coefficient (Wildman–Crippen LogP) is 2.67. The van der Waals surface area contributed by atoms with Crippen LogP contribution in [0.2, 0.25) is 0 Å². The molecule has 0 amide bonds. The third-order valence-corrected chi connectivity index (χ3v) is 3.29. The van der Waals surface area contributed by atoms with E-state index in [0.717, 1.165) is 23.7 Å². The van der Waals surface area contributed by atoms with Crippen molar-refractivity contribution in [3.8, 4) is 0 Å². The van der Waals surface area contributed by atoms with Crippen molar-refractivity contribution in [2.24, 2.45) is 7.05 Å². The van der Waals surface area contributed by atoms with E-state index in [4.69, 9.17) is 11.6 Å². The summed E-state index contributed by atoms with van der Waals surface area (Å²) in [6.07, 6.45) is 3.04. The lowest BCUT2D eigenvalue weighted by Crippen LogP contribution is -1.98. The molecule has 0 aliphatic heterocycles. The topological polar surface area (TPSA) is 17.8 Å². The van der Waals surface area contributed by atoms with Crippen LogP contribution in [0.15, 0.2) is 12.3 Å². The number of aromatic nitrogens is 2. The Morgan fingerprint density at radius 1 is 1.69 bits per heavy atom. The Hall–Kier alpha value is -0.150. The third-order valence-electron chi connectivity index (χ3n) is 1.80. The van der Waals surface area contributed by atoms with Crippen LogP contribution < -0.4 is 0 Å². The fourth-order valence-electron chi connectivity index (χ4n) is 1.00. The van der Waals surface area contributed by atoms with Crippen molar-refractivity contribution in [3.63, 3.8) is 0 Å². The van der Waals surface area contributed by atoms with Crippen molar-refractivity contribution in [2.75, 3.05) is 5.88 Å². The van der Waals surface area contributed by atoms with Crippen LogP contribution in [0.3, 0.4) is 0 Å². The second-order valence-electron chi connectivity index (χ2n) is 3.08. The van der Waals surface area contributed by atoms with Crippen LogP contribution >= 0.6 is 23.4 Å². The van der Waals surface area contributed by atoms with Gasteiger partial charge in [-0.05, 0) is 12.5 Å². The van der Waals surface area contributed by atoms with E-state index >= 15 is 0 Å². The first-order valence-corrected chi connectivity index (χ1v) is 5.97. The van der Waals surface area contributed by atoms with Crippen molar-refractivity contribution in [1.82, 2.24) is 9.78 Å². The minimum atomic E-state index is 0.625. The first kappa shape index (κ1) is 10.9. The minimum Gasteiger partial charge on any atom is -0.276 e. The molecular weight excluding hydrogens is 204 g/mol. The van der Waals surface area contributed by atoms with Crippen LogP contribution in [0.4, 0.5) is 0 Å². The summed E-state index contributed by atoms with van der Waals surface area (Å²) in [7, 11) is 1.94. The molecule has 13 heavy (non-hydrogen) atoms. The average Bonchev–Trinajstić information content (AvgIpc) is 2.49. The molecule has 0 bridgehead atoms. The Kier molecular flexibility index (Phi) is 4.67. The normalized spacial score (nSPS) is 13.2. The molecule has 1 rings (SSSR count). The van der Waals surface area contributed by atoms with Gasteiger partial charge in [0.25, 0.3) is 0 Å². The zero-order chi connectivity index (χ0) is 9.68. The van der Waals surface area contributed by atoms with Gasteiger partial charge in [-0.2, -0.15) is 16.9 Å². The van der Waals surface area contributed by atoms with Gasteiger partial charge in [0.1, 0.15) is 0 Å². The van der Waals surface area contributed by atoms with Crippen molar-refractivity contribution in [1.29, 1.82) is 0 Å². The SMILES string of the molecule is CC(CCCl)SCc1ccn(C)n1. The highest BCUT2D eigenvalue weighted by molar-refractivity contribution is 7.99. The number of thioether (sulfide) groups is 1. The Balaban J connectivity index is 2.26. The van der Waals surface area contributed by atoms with Gasteiger partial charge >= 0.3 is 0 Å². The van der Waals surface area contributed by atoms with Crippen LogP contribution in [0.5, 0.6) is 0 Å². The average molecular weight is 219 g/mol. The van der Waals surface area contributed by atoms with Crippen LogP contribution in [-0.2, 0) is 12.8 Å². The molecule has 1 aromatic rings. The molecule has 2 nitrogen and oxygen atoms in total. The van der Waals surface area contributed by atoms with Crippen molar-refractivity contribution >= 4 is 23.4 Å². The highest BCUT2D eigenvalue weighted by atomic mass is 35.5. The molecule has 1 heterocycles. The van der Waals surface area contributed by atoms with Gasteiger partial charge in [-0.15, -0.1) is 11.6 Å². The minimum absolute atomic E-state index is 0.625. The highest BCUT2D eigenvalue weighted by Crippen LogP contribution is 2.18. The summed E-state index contributed by atoms with van der Waals surface area (Å²) in [6.45, 7) is 2.20. The van der Waals surface area contributed by atoms with Gasteiger partial charge in [0.2, 0.25) is 0 Å². The van der Waals surface area contributed by atoms with Gasteiger partial charge in [-0.3, -0.25) is 4.68 Å². The first-order valence-electron chi connectivity index (χ1n) is 4.38. The molecule has 4 heteroatoms. The Labute approximate surface area is 88.7 Å². The van der Waals surface area contributed by atoms with E-state index in [1.165, 1.54) is 0 Å². The zero-order valence-electron chi connectivity index (χ0n) is 8.03. The summed E-state index contributed by atoms with van der Waals surface area (Å²) >= 11 is 7.56. The summed E-state index contributed by atoms with van der Waals surface area (Å²) in [5, 5.41) is 4.93. The van der Waals surface area contributed by atoms with E-state index in [9.17, 15) is 0 Å². The van der Waals surface area contributed by atoms with E-state index in [1.54, 1.807) is 0 Å². The van der Waals surface area contributed by atoms with E-state index in [1.807, 2.05) is 29.7 Å². The number of hydrogen-bond donors (Lipinski definition) is 0. The highest BCUT2D eigenvalue weighted by Gasteiger charge is 2.03. The lowest BCUT2D eigenvalue weighted by atomic mass is 10.4. The predicted molar refractivity (Wildman–Crippen MR) is 59.3 cm³/mol. The number of nitrogens with zero attached hydrogens (tertiary/aromatic N) is 2. The summed E-state index contributed by atoms with van der Waals surface area (Å²) in [6, 6.07) is 2.06.